The van der Waals surface area contributed by atoms with Gasteiger partial charge in [-0.25, -0.2) is 9.97 Å². The average molecular weight is 462 g/mol. The summed E-state index contributed by atoms with van der Waals surface area (Å²) >= 11 is 0. The Morgan fingerprint density at radius 3 is 2.56 bits per heavy atom. The van der Waals surface area contributed by atoms with E-state index >= 15 is 0 Å². The zero-order valence-electron chi connectivity index (χ0n) is 20.3. The second kappa shape index (κ2) is 9.35. The number of benzene rings is 1. The third kappa shape index (κ3) is 4.40. The molecule has 2 aromatic rings. The van der Waals surface area contributed by atoms with Crippen molar-refractivity contribution in [1.82, 2.24) is 20.2 Å². The number of nitrogens with zero attached hydrogens (tertiary/aromatic N) is 4. The van der Waals surface area contributed by atoms with Crippen LogP contribution in [0.4, 0.5) is 5.95 Å². The normalized spacial score (nSPS) is 21.9. The Kier molecular flexibility index (Phi) is 6.28. The summed E-state index contributed by atoms with van der Waals surface area (Å²) in [4.78, 5) is 40.0. The minimum Gasteiger partial charge on any atom is -0.353 e. The molecule has 2 fully saturated rings. The Labute approximate surface area is 202 Å². The Balaban J connectivity index is 1.27. The highest BCUT2D eigenvalue weighted by atomic mass is 16.2. The van der Waals surface area contributed by atoms with Crippen LogP contribution >= 0.6 is 0 Å². The largest absolute Gasteiger partial charge is 0.353 e. The first-order valence-corrected chi connectivity index (χ1v) is 12.7. The smallest absolute Gasteiger partial charge is 0.255 e. The summed E-state index contributed by atoms with van der Waals surface area (Å²) in [7, 11) is 0. The first-order chi connectivity index (χ1) is 16.4. The topological polar surface area (TPSA) is 78.4 Å². The maximum absolute atomic E-state index is 13.3. The average Bonchev–Trinajstić information content (AvgIpc) is 3.20. The number of nitrogens with one attached hydrogen (secondary N) is 1. The van der Waals surface area contributed by atoms with Crippen LogP contribution < -0.4 is 10.2 Å². The van der Waals surface area contributed by atoms with Gasteiger partial charge >= 0.3 is 0 Å². The van der Waals surface area contributed by atoms with Crippen molar-refractivity contribution in [3.8, 4) is 0 Å². The van der Waals surface area contributed by atoms with Gasteiger partial charge in [-0.2, -0.15) is 0 Å². The fraction of sp³-hybridized carbons (Fsp3) is 0.556. The van der Waals surface area contributed by atoms with Crippen molar-refractivity contribution in [3.63, 3.8) is 0 Å². The quantitative estimate of drug-likeness (QED) is 0.733. The monoisotopic (exact) mass is 461 g/mol. The molecule has 2 aliphatic heterocycles. The third-order valence-electron chi connectivity index (χ3n) is 7.82. The van der Waals surface area contributed by atoms with Crippen LogP contribution in [0.3, 0.4) is 0 Å². The van der Waals surface area contributed by atoms with Gasteiger partial charge in [0.15, 0.2) is 0 Å². The number of piperidine rings is 1. The van der Waals surface area contributed by atoms with Gasteiger partial charge in [-0.1, -0.05) is 37.5 Å². The van der Waals surface area contributed by atoms with E-state index in [4.69, 9.17) is 0 Å². The highest BCUT2D eigenvalue weighted by Gasteiger charge is 2.44. The lowest BCUT2D eigenvalue weighted by molar-refractivity contribution is -0.126. The number of rotatable bonds is 5. The molecule has 0 radical (unpaired) electrons. The fourth-order valence-electron chi connectivity index (χ4n) is 6.01. The van der Waals surface area contributed by atoms with E-state index in [-0.39, 0.29) is 23.3 Å². The van der Waals surface area contributed by atoms with Crippen molar-refractivity contribution < 1.29 is 9.59 Å². The van der Waals surface area contributed by atoms with E-state index in [0.29, 0.717) is 19.6 Å². The molecule has 1 aromatic carbocycles. The summed E-state index contributed by atoms with van der Waals surface area (Å²) in [5.41, 5.74) is 3.51. The van der Waals surface area contributed by atoms with Gasteiger partial charge in [0, 0.05) is 43.1 Å². The minimum absolute atomic E-state index is 0.0863. The highest BCUT2D eigenvalue weighted by Crippen LogP contribution is 2.39. The molecule has 1 atom stereocenters. The van der Waals surface area contributed by atoms with Gasteiger partial charge in [0.1, 0.15) is 0 Å². The van der Waals surface area contributed by atoms with Crippen molar-refractivity contribution in [1.29, 1.82) is 0 Å². The van der Waals surface area contributed by atoms with E-state index in [1.54, 1.807) is 0 Å². The molecule has 1 N–H and O–H groups in total. The molecular formula is C27H35N5O2. The molecule has 2 amide bonds. The molecule has 1 saturated carbocycles. The minimum atomic E-state index is -0.296. The number of anilines is 1. The van der Waals surface area contributed by atoms with Crippen molar-refractivity contribution in [3.05, 3.63) is 52.8 Å². The molecule has 3 heterocycles. The summed E-state index contributed by atoms with van der Waals surface area (Å²) in [6, 6.07) is 9.88. The van der Waals surface area contributed by atoms with Crippen LogP contribution in [0.15, 0.2) is 30.3 Å². The molecule has 1 saturated heterocycles. The Bertz CT molecular complexity index is 1060. The summed E-state index contributed by atoms with van der Waals surface area (Å²) in [5.74, 6) is 0.829. The van der Waals surface area contributed by atoms with Gasteiger partial charge in [-0.05, 0) is 57.2 Å². The van der Waals surface area contributed by atoms with Crippen molar-refractivity contribution in [2.45, 2.75) is 70.9 Å². The van der Waals surface area contributed by atoms with E-state index in [1.807, 2.05) is 49.1 Å². The standard InChI is InChI=1S/C27H35N5O2/c1-19-15-20(2)30-26(29-19)31-14-8-10-22(16-31)24(33)28-18-27(12-6-3-7-13-27)32-17-21-9-4-5-11-23(21)25(32)34/h4-5,9,11,15,22H,3,6-8,10,12-14,16-18H2,1-2H3,(H,28,33). The first-order valence-electron chi connectivity index (χ1n) is 12.7. The number of hydrogen-bond donors (Lipinski definition) is 1. The third-order valence-corrected chi connectivity index (χ3v) is 7.82. The molecule has 5 rings (SSSR count). The lowest BCUT2D eigenvalue weighted by Crippen LogP contribution is -2.57. The number of hydrogen-bond acceptors (Lipinski definition) is 5. The lowest BCUT2D eigenvalue weighted by Gasteiger charge is -2.45. The molecule has 1 unspecified atom stereocenters. The molecule has 34 heavy (non-hydrogen) atoms. The van der Waals surface area contributed by atoms with Crippen LogP contribution in [0, 0.1) is 19.8 Å². The summed E-state index contributed by atoms with van der Waals surface area (Å²) in [6.45, 7) is 6.64. The van der Waals surface area contributed by atoms with Gasteiger partial charge in [0.25, 0.3) is 5.91 Å². The van der Waals surface area contributed by atoms with Gasteiger partial charge < -0.3 is 15.1 Å². The van der Waals surface area contributed by atoms with Crippen LogP contribution in [0.25, 0.3) is 0 Å². The van der Waals surface area contributed by atoms with Crippen molar-refractivity contribution >= 4 is 17.8 Å². The molecule has 0 spiro atoms. The van der Waals surface area contributed by atoms with Gasteiger partial charge in [-0.15, -0.1) is 0 Å². The van der Waals surface area contributed by atoms with Gasteiger partial charge in [-0.3, -0.25) is 9.59 Å². The van der Waals surface area contributed by atoms with Crippen LogP contribution in [0.5, 0.6) is 0 Å². The zero-order valence-corrected chi connectivity index (χ0v) is 20.3. The Hall–Kier alpha value is -2.96. The molecule has 1 aromatic heterocycles. The molecular weight excluding hydrogens is 426 g/mol. The maximum atomic E-state index is 13.3. The zero-order chi connectivity index (χ0) is 23.7. The lowest BCUT2D eigenvalue weighted by atomic mass is 9.80. The van der Waals surface area contributed by atoms with E-state index < -0.39 is 0 Å². The van der Waals surface area contributed by atoms with E-state index in [9.17, 15) is 9.59 Å². The van der Waals surface area contributed by atoms with Crippen LogP contribution in [0.1, 0.15) is 72.3 Å². The molecule has 1 aliphatic carbocycles. The first kappa shape index (κ1) is 22.8. The summed E-state index contributed by atoms with van der Waals surface area (Å²) < 4.78 is 0. The summed E-state index contributed by atoms with van der Waals surface area (Å²) in [6.07, 6.45) is 7.08. The number of carbonyl (C=O) groups excluding carboxylic acids is 2. The van der Waals surface area contributed by atoms with Crippen LogP contribution in [-0.2, 0) is 11.3 Å². The predicted octanol–water partition coefficient (Wildman–Crippen LogP) is 3.78. The van der Waals surface area contributed by atoms with Crippen LogP contribution in [0.2, 0.25) is 0 Å². The number of carbonyl (C=O) groups is 2. The Morgan fingerprint density at radius 2 is 1.82 bits per heavy atom. The van der Waals surface area contributed by atoms with E-state index in [1.165, 1.54) is 6.42 Å². The highest BCUT2D eigenvalue weighted by molar-refractivity contribution is 5.99. The molecule has 7 nitrogen and oxygen atoms in total. The molecule has 180 valence electrons. The fourth-order valence-corrected chi connectivity index (χ4v) is 6.01. The maximum Gasteiger partial charge on any atom is 0.255 e. The summed E-state index contributed by atoms with van der Waals surface area (Å²) in [5, 5.41) is 3.28. The second-order valence-corrected chi connectivity index (χ2v) is 10.3. The van der Waals surface area contributed by atoms with E-state index in [0.717, 1.165) is 73.5 Å². The van der Waals surface area contributed by atoms with Crippen molar-refractivity contribution in [2.75, 3.05) is 24.5 Å². The van der Waals surface area contributed by atoms with E-state index in [2.05, 4.69) is 20.2 Å². The predicted molar refractivity (Wildman–Crippen MR) is 132 cm³/mol. The number of aromatic nitrogens is 2. The van der Waals surface area contributed by atoms with Crippen molar-refractivity contribution in [2.24, 2.45) is 5.92 Å². The van der Waals surface area contributed by atoms with Crippen LogP contribution in [-0.4, -0.2) is 51.9 Å². The molecule has 0 bridgehead atoms. The van der Waals surface area contributed by atoms with Gasteiger partial charge in [0.05, 0.1) is 11.5 Å². The second-order valence-electron chi connectivity index (χ2n) is 10.3. The Morgan fingerprint density at radius 1 is 1.09 bits per heavy atom. The number of aryl methyl sites for hydroxylation is 2. The number of amides is 2. The molecule has 3 aliphatic rings. The van der Waals surface area contributed by atoms with Gasteiger partial charge in [0.2, 0.25) is 11.9 Å². The number of fused-ring (bicyclic) bond motifs is 1. The SMILES string of the molecule is Cc1cc(C)nc(N2CCCC(C(=O)NCC3(N4Cc5ccccc5C4=O)CCCCC3)C2)n1. The molecule has 7 heteroatoms.